The molecule has 2 rings (SSSR count). The summed E-state index contributed by atoms with van der Waals surface area (Å²) in [4.78, 5) is 4.50. The lowest BCUT2D eigenvalue weighted by atomic mass is 10.1. The van der Waals surface area contributed by atoms with Gasteiger partial charge in [-0.3, -0.25) is 4.90 Å². The fourth-order valence-electron chi connectivity index (χ4n) is 2.79. The van der Waals surface area contributed by atoms with Crippen molar-refractivity contribution in [3.8, 4) is 0 Å². The number of rotatable bonds is 5. The summed E-state index contributed by atoms with van der Waals surface area (Å²) in [6, 6.07) is 3.94. The fourth-order valence-corrected chi connectivity index (χ4v) is 2.79. The normalized spacial score (nSPS) is 19.1. The quantitative estimate of drug-likeness (QED) is 0.903. The molecule has 1 fully saturated rings. The summed E-state index contributed by atoms with van der Waals surface area (Å²) in [5.41, 5.74) is 0.0413. The van der Waals surface area contributed by atoms with Crippen LogP contribution in [0.3, 0.4) is 0 Å². The second kappa shape index (κ2) is 7.29. The molecular formula is C16H24F2N2O. The minimum absolute atomic E-state index is 0.0413. The summed E-state index contributed by atoms with van der Waals surface area (Å²) in [7, 11) is 0. The molecule has 1 N–H and O–H groups in total. The largest absolute Gasteiger partial charge is 0.387 e. The zero-order chi connectivity index (χ0) is 15.4. The minimum atomic E-state index is -0.989. The van der Waals surface area contributed by atoms with Crippen molar-refractivity contribution in [1.82, 2.24) is 9.80 Å². The highest BCUT2D eigenvalue weighted by molar-refractivity contribution is 5.21. The van der Waals surface area contributed by atoms with Crippen LogP contribution in [0.15, 0.2) is 18.2 Å². The van der Waals surface area contributed by atoms with Crippen LogP contribution in [0.2, 0.25) is 0 Å². The van der Waals surface area contributed by atoms with Crippen molar-refractivity contribution in [2.45, 2.75) is 20.0 Å². The van der Waals surface area contributed by atoms with Crippen LogP contribution < -0.4 is 0 Å². The van der Waals surface area contributed by atoms with Crippen LogP contribution in [-0.4, -0.2) is 54.2 Å². The summed E-state index contributed by atoms with van der Waals surface area (Å²) in [6.07, 6.45) is -0.989. The van der Waals surface area contributed by atoms with Gasteiger partial charge in [0.1, 0.15) is 0 Å². The summed E-state index contributed by atoms with van der Waals surface area (Å²) in [6.45, 7) is 9.42. The molecular weight excluding hydrogens is 274 g/mol. The van der Waals surface area contributed by atoms with Gasteiger partial charge in [-0.25, -0.2) is 8.78 Å². The molecule has 0 amide bonds. The van der Waals surface area contributed by atoms with Crippen molar-refractivity contribution in [1.29, 1.82) is 0 Å². The molecule has 1 atom stereocenters. The Hall–Kier alpha value is -1.04. The molecule has 0 aromatic heterocycles. The summed E-state index contributed by atoms with van der Waals surface area (Å²) in [5.74, 6) is -1.21. The summed E-state index contributed by atoms with van der Waals surface area (Å²) < 4.78 is 26.8. The van der Waals surface area contributed by atoms with E-state index in [9.17, 15) is 13.9 Å². The second-order valence-electron chi connectivity index (χ2n) is 6.15. The van der Waals surface area contributed by atoms with Crippen LogP contribution in [0.4, 0.5) is 8.78 Å². The van der Waals surface area contributed by atoms with Gasteiger partial charge >= 0.3 is 0 Å². The molecule has 5 heteroatoms. The first kappa shape index (κ1) is 16.3. The smallest absolute Gasteiger partial charge is 0.164 e. The van der Waals surface area contributed by atoms with E-state index in [1.54, 1.807) is 0 Å². The number of β-amino-alcohol motifs (C(OH)–C–C–N with tert-alkyl or cyclic N) is 1. The topological polar surface area (TPSA) is 26.7 Å². The van der Waals surface area contributed by atoms with E-state index >= 15 is 0 Å². The van der Waals surface area contributed by atoms with Crippen molar-refractivity contribution < 1.29 is 13.9 Å². The molecule has 1 saturated heterocycles. The standard InChI is InChI=1S/C16H24F2N2O/c1-12(2)10-19-6-8-20(9-7-19)11-15(21)13-4-3-5-14(17)16(13)18/h3-5,12,15,21H,6-11H2,1-2H3. The van der Waals surface area contributed by atoms with Gasteiger partial charge in [-0.2, -0.15) is 0 Å². The lowest BCUT2D eigenvalue weighted by Gasteiger charge is -2.36. The van der Waals surface area contributed by atoms with Gasteiger partial charge in [0, 0.05) is 44.8 Å². The third kappa shape index (κ3) is 4.46. The molecule has 1 aliphatic rings. The van der Waals surface area contributed by atoms with Gasteiger partial charge in [0.25, 0.3) is 0 Å². The Morgan fingerprint density at radius 3 is 2.19 bits per heavy atom. The zero-order valence-electron chi connectivity index (χ0n) is 12.7. The van der Waals surface area contributed by atoms with Gasteiger partial charge in [0.05, 0.1) is 6.10 Å². The van der Waals surface area contributed by atoms with Crippen LogP contribution in [0.25, 0.3) is 0 Å². The lowest BCUT2D eigenvalue weighted by molar-refractivity contribution is 0.0669. The van der Waals surface area contributed by atoms with Gasteiger partial charge < -0.3 is 10.0 Å². The SMILES string of the molecule is CC(C)CN1CCN(CC(O)c2cccc(F)c2F)CC1. The number of hydrogen-bond donors (Lipinski definition) is 1. The highest BCUT2D eigenvalue weighted by atomic mass is 19.2. The Kier molecular flexibility index (Phi) is 5.67. The van der Waals surface area contributed by atoms with Gasteiger partial charge in [0.2, 0.25) is 0 Å². The number of nitrogens with zero attached hydrogens (tertiary/aromatic N) is 2. The molecule has 21 heavy (non-hydrogen) atoms. The molecule has 0 aliphatic carbocycles. The van der Waals surface area contributed by atoms with Gasteiger partial charge in [-0.05, 0) is 12.0 Å². The predicted molar refractivity (Wildman–Crippen MR) is 79.0 cm³/mol. The number of halogens is 2. The molecule has 1 unspecified atom stereocenters. The molecule has 1 heterocycles. The highest BCUT2D eigenvalue weighted by Gasteiger charge is 2.22. The molecule has 0 bridgehead atoms. The van der Waals surface area contributed by atoms with E-state index in [2.05, 4.69) is 23.6 Å². The first-order valence-electron chi connectivity index (χ1n) is 7.54. The van der Waals surface area contributed by atoms with E-state index in [-0.39, 0.29) is 5.56 Å². The number of piperazine rings is 1. The molecule has 118 valence electrons. The number of aliphatic hydroxyl groups excluding tert-OH is 1. The third-order valence-electron chi connectivity index (χ3n) is 3.86. The monoisotopic (exact) mass is 298 g/mol. The molecule has 3 nitrogen and oxygen atoms in total. The second-order valence-corrected chi connectivity index (χ2v) is 6.15. The van der Waals surface area contributed by atoms with E-state index in [1.165, 1.54) is 12.1 Å². The molecule has 1 aromatic carbocycles. The van der Waals surface area contributed by atoms with E-state index < -0.39 is 17.7 Å². The maximum Gasteiger partial charge on any atom is 0.164 e. The first-order valence-corrected chi connectivity index (χ1v) is 7.54. The van der Waals surface area contributed by atoms with E-state index in [0.717, 1.165) is 38.8 Å². The summed E-state index contributed by atoms with van der Waals surface area (Å²) in [5, 5.41) is 10.1. The van der Waals surface area contributed by atoms with Crippen LogP contribution in [-0.2, 0) is 0 Å². The lowest BCUT2D eigenvalue weighted by Crippen LogP contribution is -2.48. The van der Waals surface area contributed by atoms with Crippen LogP contribution in [0.5, 0.6) is 0 Å². The number of benzene rings is 1. The average Bonchev–Trinajstić information content (AvgIpc) is 2.43. The van der Waals surface area contributed by atoms with Gasteiger partial charge in [0.15, 0.2) is 11.6 Å². The van der Waals surface area contributed by atoms with Gasteiger partial charge in [-0.15, -0.1) is 0 Å². The maximum absolute atomic E-state index is 13.7. The predicted octanol–water partition coefficient (Wildman–Crippen LogP) is 2.27. The van der Waals surface area contributed by atoms with Crippen molar-refractivity contribution in [2.75, 3.05) is 39.3 Å². The van der Waals surface area contributed by atoms with Crippen LogP contribution >= 0.6 is 0 Å². The fraction of sp³-hybridized carbons (Fsp3) is 0.625. The molecule has 0 radical (unpaired) electrons. The Morgan fingerprint density at radius 1 is 1.05 bits per heavy atom. The maximum atomic E-state index is 13.7. The molecule has 0 spiro atoms. The Labute approximate surface area is 125 Å². The first-order chi connectivity index (χ1) is 9.97. The van der Waals surface area contributed by atoms with E-state index in [0.29, 0.717) is 12.5 Å². The highest BCUT2D eigenvalue weighted by Crippen LogP contribution is 2.20. The Bertz CT molecular complexity index is 460. The molecule has 1 aromatic rings. The number of hydrogen-bond acceptors (Lipinski definition) is 3. The van der Waals surface area contributed by atoms with Crippen molar-refractivity contribution >= 4 is 0 Å². The van der Waals surface area contributed by atoms with Crippen LogP contribution in [0.1, 0.15) is 25.5 Å². The van der Waals surface area contributed by atoms with E-state index in [1.807, 2.05) is 0 Å². The van der Waals surface area contributed by atoms with Crippen molar-refractivity contribution in [3.63, 3.8) is 0 Å². The third-order valence-corrected chi connectivity index (χ3v) is 3.86. The van der Waals surface area contributed by atoms with Gasteiger partial charge in [-0.1, -0.05) is 26.0 Å². The average molecular weight is 298 g/mol. The Balaban J connectivity index is 1.87. The van der Waals surface area contributed by atoms with Crippen LogP contribution in [0, 0.1) is 17.6 Å². The van der Waals surface area contributed by atoms with E-state index in [4.69, 9.17) is 0 Å². The molecule has 0 saturated carbocycles. The zero-order valence-corrected chi connectivity index (χ0v) is 12.7. The van der Waals surface area contributed by atoms with Crippen molar-refractivity contribution in [2.24, 2.45) is 5.92 Å². The Morgan fingerprint density at radius 2 is 1.62 bits per heavy atom. The van der Waals surface area contributed by atoms with Crippen molar-refractivity contribution in [3.05, 3.63) is 35.4 Å². The minimum Gasteiger partial charge on any atom is -0.387 e. The number of aliphatic hydroxyl groups is 1. The summed E-state index contributed by atoms with van der Waals surface area (Å²) >= 11 is 0. The molecule has 1 aliphatic heterocycles.